The number of halogens is 1. The summed E-state index contributed by atoms with van der Waals surface area (Å²) in [5.74, 6) is -1.01. The highest BCUT2D eigenvalue weighted by molar-refractivity contribution is 7.21. The van der Waals surface area contributed by atoms with Gasteiger partial charge in [-0.3, -0.25) is 14.4 Å². The first-order valence-corrected chi connectivity index (χ1v) is 13.0. The van der Waals surface area contributed by atoms with Crippen LogP contribution in [0.25, 0.3) is 20.8 Å². The summed E-state index contributed by atoms with van der Waals surface area (Å²) >= 11 is 7.54. The lowest BCUT2D eigenvalue weighted by atomic mass is 10.1. The van der Waals surface area contributed by atoms with E-state index in [1.54, 1.807) is 53.8 Å². The highest BCUT2D eigenvalue weighted by Gasteiger charge is 2.44. The molecule has 0 spiro atoms. The minimum Gasteiger partial charge on any atom is -0.326 e. The van der Waals surface area contributed by atoms with Crippen LogP contribution in [-0.4, -0.2) is 40.2 Å². The van der Waals surface area contributed by atoms with Crippen molar-refractivity contribution in [2.75, 3.05) is 11.4 Å². The average Bonchev–Trinajstić information content (AvgIpc) is 3.43. The van der Waals surface area contributed by atoms with Gasteiger partial charge in [0.15, 0.2) is 0 Å². The van der Waals surface area contributed by atoms with Crippen molar-refractivity contribution in [3.05, 3.63) is 95.5 Å². The third kappa shape index (κ3) is 5.05. The molecule has 1 unspecified atom stereocenters. The molecule has 0 saturated carbocycles. The molecule has 3 aromatic carbocycles. The number of imide groups is 1. The molecule has 0 aliphatic carbocycles. The van der Waals surface area contributed by atoms with E-state index >= 15 is 0 Å². The fourth-order valence-electron chi connectivity index (χ4n) is 4.46. The van der Waals surface area contributed by atoms with E-state index in [1.807, 2.05) is 31.2 Å². The van der Waals surface area contributed by atoms with E-state index in [1.165, 1.54) is 15.4 Å². The number of benzene rings is 3. The normalized spacial score (nSPS) is 15.4. The van der Waals surface area contributed by atoms with Gasteiger partial charge in [0.1, 0.15) is 11.0 Å². The molecule has 0 bridgehead atoms. The van der Waals surface area contributed by atoms with Crippen molar-refractivity contribution in [3.63, 3.8) is 0 Å². The SMILES string of the molecule is C=CCN(C(=O)Cc1ccc(Cl)cc1)C1CC(=O)N(c2ccc(-c3nc4ccc(C)cc4s3)cc2)C1=O. The topological polar surface area (TPSA) is 70.6 Å². The number of aryl methyl sites for hydroxylation is 1. The lowest BCUT2D eigenvalue weighted by Gasteiger charge is -2.26. The molecule has 1 atom stereocenters. The molecule has 1 aliphatic rings. The zero-order chi connectivity index (χ0) is 26.1. The standard InChI is InChI=1S/C29H24ClN3O3S/c1-3-14-32(26(34)16-19-5-9-21(30)10-6-19)24-17-27(35)33(29(24)36)22-11-7-20(8-12-22)28-31-23-13-4-18(2)15-25(23)37-28/h3-13,15,24H,1,14,16-17H2,2H3. The maximum atomic E-state index is 13.4. The van der Waals surface area contributed by atoms with Crippen molar-refractivity contribution in [3.8, 4) is 10.6 Å². The van der Waals surface area contributed by atoms with E-state index < -0.39 is 11.9 Å². The van der Waals surface area contributed by atoms with E-state index in [0.717, 1.165) is 26.4 Å². The Morgan fingerprint density at radius 3 is 2.57 bits per heavy atom. The number of nitrogens with zero attached hydrogens (tertiary/aromatic N) is 3. The Balaban J connectivity index is 1.35. The van der Waals surface area contributed by atoms with Gasteiger partial charge in [0.2, 0.25) is 11.8 Å². The molecule has 1 fully saturated rings. The van der Waals surface area contributed by atoms with Gasteiger partial charge in [-0.1, -0.05) is 35.9 Å². The molecule has 1 aromatic heterocycles. The van der Waals surface area contributed by atoms with Crippen LogP contribution in [0.4, 0.5) is 5.69 Å². The van der Waals surface area contributed by atoms with Gasteiger partial charge in [-0.05, 0) is 66.6 Å². The second-order valence-corrected chi connectivity index (χ2v) is 10.4. The summed E-state index contributed by atoms with van der Waals surface area (Å²) in [5, 5.41) is 1.45. The summed E-state index contributed by atoms with van der Waals surface area (Å²) in [6, 6.07) is 19.5. The predicted octanol–water partition coefficient (Wildman–Crippen LogP) is 5.81. The summed E-state index contributed by atoms with van der Waals surface area (Å²) in [5.41, 5.74) is 4.27. The van der Waals surface area contributed by atoms with E-state index in [0.29, 0.717) is 10.7 Å². The Morgan fingerprint density at radius 1 is 1.14 bits per heavy atom. The molecule has 37 heavy (non-hydrogen) atoms. The summed E-state index contributed by atoms with van der Waals surface area (Å²) in [4.78, 5) is 46.8. The number of carbonyl (C=O) groups is 3. The fourth-order valence-corrected chi connectivity index (χ4v) is 5.65. The zero-order valence-electron chi connectivity index (χ0n) is 20.2. The Kier molecular flexibility index (Phi) is 6.91. The number of hydrogen-bond donors (Lipinski definition) is 0. The van der Waals surface area contributed by atoms with Crippen molar-refractivity contribution in [2.45, 2.75) is 25.8 Å². The fraction of sp³-hybridized carbons (Fsp3) is 0.172. The van der Waals surface area contributed by atoms with E-state index in [-0.39, 0.29) is 31.2 Å². The molecule has 4 aromatic rings. The second kappa shape index (κ2) is 10.3. The number of anilines is 1. The van der Waals surface area contributed by atoms with Crippen LogP contribution in [-0.2, 0) is 20.8 Å². The number of aromatic nitrogens is 1. The molecule has 6 nitrogen and oxygen atoms in total. The first-order valence-electron chi connectivity index (χ1n) is 11.8. The van der Waals surface area contributed by atoms with Crippen LogP contribution < -0.4 is 4.90 Å². The number of fused-ring (bicyclic) bond motifs is 1. The first kappa shape index (κ1) is 24.9. The van der Waals surface area contributed by atoms with E-state index in [2.05, 4.69) is 12.6 Å². The van der Waals surface area contributed by atoms with Crippen LogP contribution in [0.5, 0.6) is 0 Å². The summed E-state index contributed by atoms with van der Waals surface area (Å²) in [6.45, 7) is 5.94. The number of amides is 3. The van der Waals surface area contributed by atoms with Gasteiger partial charge in [0.05, 0.1) is 28.7 Å². The minimum atomic E-state index is -0.877. The molecule has 0 N–H and O–H groups in total. The highest BCUT2D eigenvalue weighted by Crippen LogP contribution is 2.33. The first-order chi connectivity index (χ1) is 17.8. The van der Waals surface area contributed by atoms with Crippen LogP contribution in [0.2, 0.25) is 5.02 Å². The average molecular weight is 530 g/mol. The van der Waals surface area contributed by atoms with Gasteiger partial charge >= 0.3 is 0 Å². The van der Waals surface area contributed by atoms with E-state index in [9.17, 15) is 14.4 Å². The number of hydrogen-bond acceptors (Lipinski definition) is 5. The monoisotopic (exact) mass is 529 g/mol. The summed E-state index contributed by atoms with van der Waals surface area (Å²) in [6.07, 6.45) is 1.59. The van der Waals surface area contributed by atoms with Crippen molar-refractivity contribution in [2.24, 2.45) is 0 Å². The van der Waals surface area contributed by atoms with Crippen LogP contribution in [0.1, 0.15) is 17.5 Å². The molecule has 3 amide bonds. The number of rotatable bonds is 7. The largest absolute Gasteiger partial charge is 0.326 e. The highest BCUT2D eigenvalue weighted by atomic mass is 35.5. The van der Waals surface area contributed by atoms with Gasteiger partial charge in [-0.15, -0.1) is 17.9 Å². The van der Waals surface area contributed by atoms with Crippen molar-refractivity contribution < 1.29 is 14.4 Å². The maximum absolute atomic E-state index is 13.4. The lowest BCUT2D eigenvalue weighted by Crippen LogP contribution is -2.46. The molecule has 1 aliphatic heterocycles. The minimum absolute atomic E-state index is 0.0714. The maximum Gasteiger partial charge on any atom is 0.257 e. The molecule has 0 radical (unpaired) electrons. The van der Waals surface area contributed by atoms with Crippen molar-refractivity contribution in [1.29, 1.82) is 0 Å². The molecular formula is C29H24ClN3O3S. The summed E-state index contributed by atoms with van der Waals surface area (Å²) < 4.78 is 1.11. The Hall–Kier alpha value is -3.81. The second-order valence-electron chi connectivity index (χ2n) is 8.96. The molecule has 1 saturated heterocycles. The third-order valence-electron chi connectivity index (χ3n) is 6.33. The van der Waals surface area contributed by atoms with Gasteiger partial charge in [0, 0.05) is 17.1 Å². The molecule has 2 heterocycles. The molecule has 5 rings (SSSR count). The van der Waals surface area contributed by atoms with Crippen LogP contribution in [0.3, 0.4) is 0 Å². The van der Waals surface area contributed by atoms with Gasteiger partial charge < -0.3 is 4.90 Å². The smallest absolute Gasteiger partial charge is 0.257 e. The summed E-state index contributed by atoms with van der Waals surface area (Å²) in [7, 11) is 0. The Labute approximate surface area is 223 Å². The molecule has 8 heteroatoms. The Morgan fingerprint density at radius 2 is 1.86 bits per heavy atom. The van der Waals surface area contributed by atoms with Crippen molar-refractivity contribution >= 4 is 56.6 Å². The van der Waals surface area contributed by atoms with Crippen LogP contribution in [0.15, 0.2) is 79.4 Å². The van der Waals surface area contributed by atoms with Gasteiger partial charge in [-0.25, -0.2) is 9.88 Å². The van der Waals surface area contributed by atoms with Gasteiger partial charge in [-0.2, -0.15) is 0 Å². The Bertz CT molecular complexity index is 1510. The molecule has 186 valence electrons. The quantitative estimate of drug-likeness (QED) is 0.223. The predicted molar refractivity (Wildman–Crippen MR) is 148 cm³/mol. The number of carbonyl (C=O) groups excluding carboxylic acids is 3. The van der Waals surface area contributed by atoms with Gasteiger partial charge in [0.25, 0.3) is 5.91 Å². The van der Waals surface area contributed by atoms with Crippen LogP contribution >= 0.6 is 22.9 Å². The lowest BCUT2D eigenvalue weighted by molar-refractivity contribution is -0.137. The molecular weight excluding hydrogens is 506 g/mol. The van der Waals surface area contributed by atoms with Crippen LogP contribution in [0, 0.1) is 6.92 Å². The number of thiazole rings is 1. The van der Waals surface area contributed by atoms with E-state index in [4.69, 9.17) is 16.6 Å². The van der Waals surface area contributed by atoms with Crippen molar-refractivity contribution in [1.82, 2.24) is 9.88 Å². The zero-order valence-corrected chi connectivity index (χ0v) is 21.8. The third-order valence-corrected chi connectivity index (χ3v) is 7.65.